The topological polar surface area (TPSA) is 119 Å². The second kappa shape index (κ2) is 9.50. The third-order valence-corrected chi connectivity index (χ3v) is 8.57. The Morgan fingerprint density at radius 2 is 1.90 bits per heavy atom. The van der Waals surface area contributed by atoms with Gasteiger partial charge in [-0.1, -0.05) is 27.2 Å². The monoisotopic (exact) mass is 573 g/mol. The summed E-state index contributed by atoms with van der Waals surface area (Å²) in [6, 6.07) is 3.63. The smallest absolute Gasteiger partial charge is 0.436 e. The van der Waals surface area contributed by atoms with Crippen molar-refractivity contribution in [3.63, 3.8) is 0 Å². The predicted molar refractivity (Wildman–Crippen MR) is 148 cm³/mol. The Bertz CT molecular complexity index is 1530. The van der Waals surface area contributed by atoms with Crippen LogP contribution in [0.25, 0.3) is 11.0 Å². The summed E-state index contributed by atoms with van der Waals surface area (Å²) in [4.78, 5) is 41.6. The Kier molecular flexibility index (Phi) is 6.64. The van der Waals surface area contributed by atoms with E-state index in [0.29, 0.717) is 16.6 Å². The van der Waals surface area contributed by atoms with E-state index in [1.54, 1.807) is 20.8 Å². The van der Waals surface area contributed by atoms with E-state index in [2.05, 4.69) is 15.7 Å². The van der Waals surface area contributed by atoms with Gasteiger partial charge in [-0.3, -0.25) is 4.79 Å². The van der Waals surface area contributed by atoms with Crippen LogP contribution in [-0.2, 0) is 21.6 Å². The zero-order valence-corrected chi connectivity index (χ0v) is 24.2. The van der Waals surface area contributed by atoms with E-state index in [-0.39, 0.29) is 46.8 Å². The predicted octanol–water partition coefficient (Wildman–Crippen LogP) is 6.86. The van der Waals surface area contributed by atoms with Crippen molar-refractivity contribution in [2.24, 2.45) is 10.8 Å². The third-order valence-electron chi connectivity index (χ3n) is 8.39. The first kappa shape index (κ1) is 27.9. The number of hydrogen-bond donors (Lipinski definition) is 2. The van der Waals surface area contributed by atoms with E-state index >= 15 is 0 Å². The zero-order valence-electron chi connectivity index (χ0n) is 23.4. The Morgan fingerprint density at radius 3 is 2.50 bits per heavy atom. The molecule has 0 spiro atoms. The number of benzene rings is 1. The molecule has 0 atom stereocenters. The highest BCUT2D eigenvalue weighted by Crippen LogP contribution is 2.54. The quantitative estimate of drug-likeness (QED) is 0.352. The molecule has 1 aliphatic carbocycles. The van der Waals surface area contributed by atoms with Gasteiger partial charge in [-0.25, -0.2) is 14.0 Å². The fourth-order valence-electron chi connectivity index (χ4n) is 5.76. The first-order valence-electron chi connectivity index (χ1n) is 13.3. The van der Waals surface area contributed by atoms with Gasteiger partial charge in [0.2, 0.25) is 5.91 Å². The van der Waals surface area contributed by atoms with Crippen LogP contribution < -0.4 is 10.6 Å². The molecule has 1 aromatic carbocycles. The highest BCUT2D eigenvalue weighted by Gasteiger charge is 2.54. The van der Waals surface area contributed by atoms with Crippen molar-refractivity contribution in [2.45, 2.75) is 72.9 Å². The molecule has 0 bridgehead atoms. The Hall–Kier alpha value is -3.60. The van der Waals surface area contributed by atoms with Crippen LogP contribution in [0.4, 0.5) is 25.5 Å². The van der Waals surface area contributed by atoms with E-state index in [1.165, 1.54) is 23.1 Å². The van der Waals surface area contributed by atoms with Crippen LogP contribution in [0.1, 0.15) is 72.1 Å². The van der Waals surface area contributed by atoms with Gasteiger partial charge in [-0.15, -0.1) is 4.68 Å². The standard InChI is InChI=1S/C28H33ClFN5O5/c1-7-39-25(38)35-22(32-23(36)28(11-8-12-28)26(2,3)4)16-14-34(27(5,6)21(16)33-35)24(37)31-19-17(30)10-9-15-13-18(29)40-20(15)19/h9-10,13H,7-8,11-12,14H2,1-6H3,(H,31,37)(H,32,36). The molecule has 5 rings (SSSR count). The van der Waals surface area contributed by atoms with Crippen LogP contribution in [0.2, 0.25) is 5.22 Å². The number of carbonyl (C=O) groups is 3. The molecular formula is C28H33ClFN5O5. The summed E-state index contributed by atoms with van der Waals surface area (Å²) in [5.74, 6) is -0.720. The summed E-state index contributed by atoms with van der Waals surface area (Å²) < 4.78 is 26.5. The lowest BCUT2D eigenvalue weighted by molar-refractivity contribution is -0.139. The van der Waals surface area contributed by atoms with E-state index in [9.17, 15) is 18.8 Å². The molecule has 0 saturated heterocycles. The van der Waals surface area contributed by atoms with Gasteiger partial charge >= 0.3 is 12.1 Å². The minimum Gasteiger partial charge on any atom is -0.448 e. The number of nitrogens with one attached hydrogen (secondary N) is 2. The van der Waals surface area contributed by atoms with Crippen LogP contribution in [0, 0.1) is 16.6 Å². The van der Waals surface area contributed by atoms with Crippen LogP contribution >= 0.6 is 11.6 Å². The van der Waals surface area contributed by atoms with Crippen LogP contribution in [-0.4, -0.2) is 39.3 Å². The van der Waals surface area contributed by atoms with Gasteiger partial charge < -0.3 is 24.7 Å². The highest BCUT2D eigenvalue weighted by molar-refractivity contribution is 6.30. The number of carbonyl (C=O) groups excluding carboxylic acids is 3. The number of nitrogens with zero attached hydrogens (tertiary/aromatic N) is 3. The number of rotatable bonds is 4. The van der Waals surface area contributed by atoms with E-state index < -0.39 is 28.9 Å². The number of fused-ring (bicyclic) bond motifs is 2. The molecule has 214 valence electrons. The van der Waals surface area contributed by atoms with Crippen LogP contribution in [0.15, 0.2) is 22.6 Å². The van der Waals surface area contributed by atoms with Crippen LogP contribution in [0.5, 0.6) is 0 Å². The molecular weight excluding hydrogens is 541 g/mol. The summed E-state index contributed by atoms with van der Waals surface area (Å²) in [6.45, 7) is 11.4. The molecule has 1 aliphatic heterocycles. The van der Waals surface area contributed by atoms with Crippen molar-refractivity contribution in [3.05, 3.63) is 40.5 Å². The van der Waals surface area contributed by atoms with Crippen molar-refractivity contribution < 1.29 is 27.9 Å². The van der Waals surface area contributed by atoms with E-state index in [1.807, 2.05) is 20.8 Å². The Balaban J connectivity index is 1.50. The van der Waals surface area contributed by atoms with Crippen molar-refractivity contribution in [1.82, 2.24) is 14.7 Å². The van der Waals surface area contributed by atoms with Gasteiger partial charge in [-0.05, 0) is 62.8 Å². The van der Waals surface area contributed by atoms with E-state index in [0.717, 1.165) is 23.9 Å². The molecule has 0 radical (unpaired) electrons. The number of aromatic nitrogens is 2. The maximum absolute atomic E-state index is 14.8. The van der Waals surface area contributed by atoms with Gasteiger partial charge in [-0.2, -0.15) is 5.10 Å². The summed E-state index contributed by atoms with van der Waals surface area (Å²) in [5, 5.41) is 10.7. The Labute approximate surface area is 236 Å². The highest BCUT2D eigenvalue weighted by atomic mass is 35.5. The molecule has 12 heteroatoms. The number of ether oxygens (including phenoxy) is 1. The van der Waals surface area contributed by atoms with Gasteiger partial charge in [0.05, 0.1) is 29.8 Å². The SMILES string of the molecule is CCOC(=O)n1nc2c(c1NC(=O)C1(C(C)(C)C)CCC1)CN(C(=O)Nc1c(F)ccc3cc(Cl)oc13)C2(C)C. The molecule has 1 fully saturated rings. The van der Waals surface area contributed by atoms with Crippen molar-refractivity contribution in [2.75, 3.05) is 17.2 Å². The molecule has 10 nitrogen and oxygen atoms in total. The molecule has 3 amide bonds. The molecule has 2 N–H and O–H groups in total. The molecule has 40 heavy (non-hydrogen) atoms. The largest absolute Gasteiger partial charge is 0.448 e. The second-order valence-corrected chi connectivity index (χ2v) is 12.3. The average Bonchev–Trinajstić information content (AvgIpc) is 3.45. The molecule has 1 saturated carbocycles. The Morgan fingerprint density at radius 1 is 1.20 bits per heavy atom. The number of amides is 3. The number of halogens is 2. The summed E-state index contributed by atoms with van der Waals surface area (Å²) in [6.07, 6.45) is 1.66. The number of anilines is 2. The third kappa shape index (κ3) is 4.22. The lowest BCUT2D eigenvalue weighted by atomic mass is 9.54. The summed E-state index contributed by atoms with van der Waals surface area (Å²) in [5.41, 5.74) is -1.04. The van der Waals surface area contributed by atoms with Gasteiger partial charge in [0.15, 0.2) is 16.6 Å². The maximum Gasteiger partial charge on any atom is 0.436 e. The van der Waals surface area contributed by atoms with Gasteiger partial charge in [0, 0.05) is 17.0 Å². The second-order valence-electron chi connectivity index (χ2n) is 11.9. The molecule has 2 aliphatic rings. The van der Waals surface area contributed by atoms with Gasteiger partial charge in [0.1, 0.15) is 11.5 Å². The summed E-state index contributed by atoms with van der Waals surface area (Å²) >= 11 is 5.96. The fraction of sp³-hybridized carbons (Fsp3) is 0.500. The lowest BCUT2D eigenvalue weighted by Crippen LogP contribution is -2.51. The molecule has 2 aromatic heterocycles. The average molecular weight is 574 g/mol. The fourth-order valence-corrected chi connectivity index (χ4v) is 5.95. The van der Waals surface area contributed by atoms with Crippen molar-refractivity contribution in [1.29, 1.82) is 0 Å². The first-order chi connectivity index (χ1) is 18.7. The van der Waals surface area contributed by atoms with Crippen molar-refractivity contribution >= 4 is 52.1 Å². The molecule has 3 heterocycles. The maximum atomic E-state index is 14.8. The first-order valence-corrected chi connectivity index (χ1v) is 13.7. The van der Waals surface area contributed by atoms with Gasteiger partial charge in [0.25, 0.3) is 0 Å². The molecule has 3 aromatic rings. The number of hydrogen-bond acceptors (Lipinski definition) is 6. The number of furan rings is 1. The van der Waals surface area contributed by atoms with Crippen molar-refractivity contribution in [3.8, 4) is 0 Å². The molecule has 0 unspecified atom stereocenters. The zero-order chi connectivity index (χ0) is 29.2. The van der Waals surface area contributed by atoms with E-state index in [4.69, 9.17) is 20.8 Å². The lowest BCUT2D eigenvalue weighted by Gasteiger charge is -2.50. The van der Waals surface area contributed by atoms with Crippen LogP contribution in [0.3, 0.4) is 0 Å². The normalized spacial score (nSPS) is 17.4. The number of urea groups is 1. The minimum absolute atomic E-state index is 0.00219. The minimum atomic E-state index is -1.03. The summed E-state index contributed by atoms with van der Waals surface area (Å²) in [7, 11) is 0.